The number of ether oxygens (including phenoxy) is 1. The maximum Gasteiger partial charge on any atom is 0.262 e. The number of aryl methyl sites for hydroxylation is 2. The first-order chi connectivity index (χ1) is 11.9. The van der Waals surface area contributed by atoms with Crippen molar-refractivity contribution in [3.8, 4) is 0 Å². The Morgan fingerprint density at radius 3 is 2.64 bits per heavy atom. The Labute approximate surface area is 148 Å². The molecular formula is C15H25N5O4S. The van der Waals surface area contributed by atoms with Gasteiger partial charge in [-0.05, 0) is 19.8 Å². The Bertz CT molecular complexity index is 697. The Morgan fingerprint density at radius 1 is 1.28 bits per heavy atom. The lowest BCUT2D eigenvalue weighted by Crippen LogP contribution is -2.49. The lowest BCUT2D eigenvalue weighted by atomic mass is 9.97. The van der Waals surface area contributed by atoms with Crippen LogP contribution in [-0.4, -0.2) is 72.6 Å². The van der Waals surface area contributed by atoms with Gasteiger partial charge in [-0.1, -0.05) is 0 Å². The van der Waals surface area contributed by atoms with E-state index in [0.717, 1.165) is 0 Å². The Kier molecular flexibility index (Phi) is 5.42. The first-order valence-corrected chi connectivity index (χ1v) is 9.96. The summed E-state index contributed by atoms with van der Waals surface area (Å²) in [6.07, 6.45) is 2.56. The van der Waals surface area contributed by atoms with Crippen molar-refractivity contribution >= 4 is 15.9 Å². The van der Waals surface area contributed by atoms with E-state index < -0.39 is 10.0 Å². The average Bonchev–Trinajstić information content (AvgIpc) is 2.81. The number of aromatic nitrogens is 2. The molecular weight excluding hydrogens is 346 g/mol. The highest BCUT2D eigenvalue weighted by molar-refractivity contribution is 7.89. The molecule has 3 rings (SSSR count). The highest BCUT2D eigenvalue weighted by Crippen LogP contribution is 2.24. The maximum absolute atomic E-state index is 12.7. The predicted octanol–water partition coefficient (Wildman–Crippen LogP) is -0.507. The van der Waals surface area contributed by atoms with Gasteiger partial charge >= 0.3 is 0 Å². The lowest BCUT2D eigenvalue weighted by molar-refractivity contribution is -0.139. The molecule has 2 fully saturated rings. The van der Waals surface area contributed by atoms with Crippen molar-refractivity contribution in [2.24, 2.45) is 13.0 Å². The first-order valence-electron chi connectivity index (χ1n) is 8.52. The summed E-state index contributed by atoms with van der Waals surface area (Å²) < 4.78 is 33.9. The maximum atomic E-state index is 12.7. The summed E-state index contributed by atoms with van der Waals surface area (Å²) in [5, 5.41) is 1.69. The number of hydrogen-bond donors (Lipinski definition) is 1. The van der Waals surface area contributed by atoms with E-state index in [0.29, 0.717) is 58.1 Å². The number of carbonyl (C=O) groups excluding carboxylic acids is 1. The molecule has 3 heterocycles. The molecule has 0 aromatic carbocycles. The van der Waals surface area contributed by atoms with E-state index in [1.807, 2.05) is 0 Å². The molecule has 10 heteroatoms. The second kappa shape index (κ2) is 7.40. The molecule has 9 nitrogen and oxygen atoms in total. The van der Waals surface area contributed by atoms with Gasteiger partial charge in [0.1, 0.15) is 5.82 Å². The number of amides is 1. The molecule has 0 bridgehead atoms. The normalized spacial score (nSPS) is 21.3. The van der Waals surface area contributed by atoms with Crippen LogP contribution in [0.5, 0.6) is 0 Å². The van der Waals surface area contributed by atoms with Crippen LogP contribution in [0, 0.1) is 12.8 Å². The number of hydrogen-bond acceptors (Lipinski definition) is 6. The van der Waals surface area contributed by atoms with Crippen molar-refractivity contribution in [1.82, 2.24) is 24.3 Å². The zero-order valence-electron chi connectivity index (χ0n) is 14.6. The fourth-order valence-corrected chi connectivity index (χ4v) is 4.62. The highest BCUT2D eigenvalue weighted by atomic mass is 32.2. The van der Waals surface area contributed by atoms with Crippen molar-refractivity contribution in [2.45, 2.75) is 24.8 Å². The summed E-state index contributed by atoms with van der Waals surface area (Å²) >= 11 is 0. The monoisotopic (exact) mass is 371 g/mol. The van der Waals surface area contributed by atoms with Crippen molar-refractivity contribution < 1.29 is 17.9 Å². The van der Waals surface area contributed by atoms with Gasteiger partial charge in [0.05, 0.1) is 19.8 Å². The molecule has 0 atom stereocenters. The van der Waals surface area contributed by atoms with Crippen molar-refractivity contribution in [1.29, 1.82) is 0 Å². The molecule has 0 unspecified atom stereocenters. The predicted molar refractivity (Wildman–Crippen MR) is 90.0 cm³/mol. The van der Waals surface area contributed by atoms with Crippen LogP contribution in [0.4, 0.5) is 0 Å². The number of rotatable bonds is 3. The van der Waals surface area contributed by atoms with Crippen molar-refractivity contribution in [3.63, 3.8) is 0 Å². The summed E-state index contributed by atoms with van der Waals surface area (Å²) in [6.45, 7) is 4.66. The van der Waals surface area contributed by atoms with Crippen molar-refractivity contribution in [3.05, 3.63) is 12.0 Å². The number of piperidine rings is 1. The number of carbonyl (C=O) groups is 1. The van der Waals surface area contributed by atoms with E-state index >= 15 is 0 Å². The van der Waals surface area contributed by atoms with Crippen LogP contribution in [0.3, 0.4) is 0 Å². The van der Waals surface area contributed by atoms with Gasteiger partial charge in [0, 0.05) is 38.8 Å². The average molecular weight is 371 g/mol. The summed E-state index contributed by atoms with van der Waals surface area (Å²) in [6, 6.07) is 0. The van der Waals surface area contributed by atoms with Crippen LogP contribution >= 0.6 is 0 Å². The molecule has 2 aliphatic rings. The molecule has 25 heavy (non-hydrogen) atoms. The highest BCUT2D eigenvalue weighted by Gasteiger charge is 2.35. The third kappa shape index (κ3) is 3.86. The largest absolute Gasteiger partial charge is 0.378 e. The van der Waals surface area contributed by atoms with Crippen LogP contribution in [-0.2, 0) is 26.6 Å². The molecule has 0 saturated carbocycles. The molecule has 1 N–H and O–H groups in total. The standard InChI is InChI=1S/C15H25N5O4S/c1-12-17-14(11-18(12)2)25(22,23)19-6-3-13(4-7-19)15(21)20-8-10-24-9-5-16-20/h11,13,16H,3-10H2,1-2H3. The molecule has 0 aliphatic carbocycles. The van der Waals surface area contributed by atoms with Crippen LogP contribution in [0.15, 0.2) is 11.2 Å². The van der Waals surface area contributed by atoms with E-state index in [9.17, 15) is 13.2 Å². The number of nitrogens with zero attached hydrogens (tertiary/aromatic N) is 4. The molecule has 0 spiro atoms. The van der Waals surface area contributed by atoms with E-state index in [1.54, 1.807) is 23.5 Å². The second-order valence-corrected chi connectivity index (χ2v) is 8.31. The molecule has 2 aliphatic heterocycles. The summed E-state index contributed by atoms with van der Waals surface area (Å²) in [5.74, 6) is 0.511. The quantitative estimate of drug-likeness (QED) is 0.769. The summed E-state index contributed by atoms with van der Waals surface area (Å²) in [4.78, 5) is 16.7. The van der Waals surface area contributed by atoms with Crippen LogP contribution in [0.25, 0.3) is 0 Å². The van der Waals surface area contributed by atoms with E-state index in [-0.39, 0.29) is 16.9 Å². The number of imidazole rings is 1. The van der Waals surface area contributed by atoms with Crippen LogP contribution < -0.4 is 5.43 Å². The lowest BCUT2D eigenvalue weighted by Gasteiger charge is -2.32. The molecule has 1 aromatic heterocycles. The minimum absolute atomic E-state index is 0.0243. The Morgan fingerprint density at radius 2 is 2.00 bits per heavy atom. The zero-order chi connectivity index (χ0) is 18.0. The number of sulfonamides is 1. The third-order valence-corrected chi connectivity index (χ3v) is 6.54. The summed E-state index contributed by atoms with van der Waals surface area (Å²) in [5.41, 5.74) is 3.07. The van der Waals surface area contributed by atoms with Gasteiger partial charge < -0.3 is 9.30 Å². The molecule has 1 aromatic rings. The minimum atomic E-state index is -3.60. The van der Waals surface area contributed by atoms with Gasteiger partial charge in [-0.25, -0.2) is 18.8 Å². The zero-order valence-corrected chi connectivity index (χ0v) is 15.5. The number of hydrazine groups is 1. The Hall–Kier alpha value is -1.49. The first kappa shape index (κ1) is 18.3. The van der Waals surface area contributed by atoms with Crippen molar-refractivity contribution in [2.75, 3.05) is 39.4 Å². The van der Waals surface area contributed by atoms with Crippen LogP contribution in [0.1, 0.15) is 18.7 Å². The topological polar surface area (TPSA) is 96.8 Å². The van der Waals surface area contributed by atoms with E-state index in [4.69, 9.17) is 4.74 Å². The van der Waals surface area contributed by atoms with Crippen LogP contribution in [0.2, 0.25) is 0 Å². The van der Waals surface area contributed by atoms with E-state index in [1.165, 1.54) is 10.5 Å². The second-order valence-electron chi connectivity index (χ2n) is 6.43. The van der Waals surface area contributed by atoms with Gasteiger partial charge in [0.25, 0.3) is 10.0 Å². The molecule has 140 valence electrons. The van der Waals surface area contributed by atoms with Gasteiger partial charge in [-0.15, -0.1) is 0 Å². The fourth-order valence-electron chi connectivity index (χ4n) is 3.12. The molecule has 2 saturated heterocycles. The third-order valence-electron chi connectivity index (χ3n) is 4.77. The van der Waals surface area contributed by atoms with Gasteiger partial charge in [-0.3, -0.25) is 9.80 Å². The van der Waals surface area contributed by atoms with Gasteiger partial charge in [0.15, 0.2) is 5.03 Å². The van der Waals surface area contributed by atoms with E-state index in [2.05, 4.69) is 10.4 Å². The minimum Gasteiger partial charge on any atom is -0.378 e. The van der Waals surface area contributed by atoms with Gasteiger partial charge in [-0.2, -0.15) is 4.31 Å². The number of nitrogens with one attached hydrogen (secondary N) is 1. The smallest absolute Gasteiger partial charge is 0.262 e. The Balaban J connectivity index is 1.62. The molecule has 1 amide bonds. The SMILES string of the molecule is Cc1nc(S(=O)(=O)N2CCC(C(=O)N3CCOCCN3)CC2)cn1C. The molecule has 0 radical (unpaired) electrons. The van der Waals surface area contributed by atoms with Gasteiger partial charge in [0.2, 0.25) is 5.91 Å². The summed E-state index contributed by atoms with van der Waals surface area (Å²) in [7, 11) is -1.83. The fraction of sp³-hybridized carbons (Fsp3) is 0.733.